The summed E-state index contributed by atoms with van der Waals surface area (Å²) in [5.74, 6) is 0.140. The van der Waals surface area contributed by atoms with Crippen LogP contribution >= 0.6 is 22.6 Å². The van der Waals surface area contributed by atoms with Gasteiger partial charge in [-0.1, -0.05) is 22.6 Å². The second-order valence-corrected chi connectivity index (χ2v) is 4.71. The first-order valence-corrected chi connectivity index (χ1v) is 7.21. The van der Waals surface area contributed by atoms with E-state index >= 15 is 0 Å². The summed E-state index contributed by atoms with van der Waals surface area (Å²) < 4.78 is 10.2. The standard InChI is InChI=1S/C13H16INO4/c1-18-11-5-3-9(4-6-11)13(17)15-10(8-14)7-12(16)19-2/h3-6,10H,7-8H2,1-2H3,(H,15,17)/t10-/m0/s1. The van der Waals surface area contributed by atoms with Crippen molar-refractivity contribution >= 4 is 34.5 Å². The fourth-order valence-corrected chi connectivity index (χ4v) is 1.97. The van der Waals surface area contributed by atoms with Gasteiger partial charge in [-0.25, -0.2) is 0 Å². The minimum Gasteiger partial charge on any atom is -0.497 e. The molecule has 0 bridgehead atoms. The van der Waals surface area contributed by atoms with Crippen LogP contribution < -0.4 is 10.1 Å². The predicted molar refractivity (Wildman–Crippen MR) is 79.8 cm³/mol. The van der Waals surface area contributed by atoms with Gasteiger partial charge in [0.05, 0.1) is 20.6 Å². The normalized spacial score (nSPS) is 11.5. The average molecular weight is 377 g/mol. The number of benzene rings is 1. The van der Waals surface area contributed by atoms with E-state index in [1.807, 2.05) is 0 Å². The van der Waals surface area contributed by atoms with Crippen molar-refractivity contribution in [2.45, 2.75) is 12.5 Å². The molecule has 0 saturated heterocycles. The molecule has 104 valence electrons. The number of hydrogen-bond acceptors (Lipinski definition) is 4. The highest BCUT2D eigenvalue weighted by Gasteiger charge is 2.16. The molecule has 1 aromatic rings. The fourth-order valence-electron chi connectivity index (χ4n) is 1.44. The van der Waals surface area contributed by atoms with Crippen LogP contribution in [0.3, 0.4) is 0 Å². The minimum atomic E-state index is -0.336. The zero-order valence-electron chi connectivity index (χ0n) is 10.8. The summed E-state index contributed by atoms with van der Waals surface area (Å²) in [6.45, 7) is 0. The summed E-state index contributed by atoms with van der Waals surface area (Å²) >= 11 is 2.12. The van der Waals surface area contributed by atoms with Crippen LogP contribution in [0, 0.1) is 0 Å². The van der Waals surface area contributed by atoms with E-state index in [9.17, 15) is 9.59 Å². The molecule has 5 nitrogen and oxygen atoms in total. The van der Waals surface area contributed by atoms with Crippen molar-refractivity contribution < 1.29 is 19.1 Å². The number of amides is 1. The molecule has 1 rings (SSSR count). The molecule has 1 atom stereocenters. The van der Waals surface area contributed by atoms with Crippen LogP contribution in [-0.4, -0.2) is 36.6 Å². The Morgan fingerprint density at radius 1 is 1.26 bits per heavy atom. The van der Waals surface area contributed by atoms with Crippen molar-refractivity contribution in [2.24, 2.45) is 0 Å². The highest BCUT2D eigenvalue weighted by molar-refractivity contribution is 14.1. The Morgan fingerprint density at radius 2 is 1.89 bits per heavy atom. The Hall–Kier alpha value is -1.31. The quantitative estimate of drug-likeness (QED) is 0.467. The smallest absolute Gasteiger partial charge is 0.307 e. The van der Waals surface area contributed by atoms with Crippen LogP contribution in [0.1, 0.15) is 16.8 Å². The van der Waals surface area contributed by atoms with Gasteiger partial charge in [0.15, 0.2) is 0 Å². The number of alkyl halides is 1. The minimum absolute atomic E-state index is 0.168. The SMILES string of the molecule is COC(=O)C[C@@H](CI)NC(=O)c1ccc(OC)cc1. The van der Waals surface area contributed by atoms with Crippen LogP contribution in [0.2, 0.25) is 0 Å². The summed E-state index contributed by atoms with van der Waals surface area (Å²) in [7, 11) is 2.90. The molecule has 6 heteroatoms. The Morgan fingerprint density at radius 3 is 2.37 bits per heavy atom. The van der Waals surface area contributed by atoms with E-state index in [1.54, 1.807) is 31.4 Å². The first kappa shape index (κ1) is 15.7. The molecule has 0 aromatic heterocycles. The molecule has 1 amide bonds. The third kappa shape index (κ3) is 5.06. The van der Waals surface area contributed by atoms with Crippen LogP contribution in [-0.2, 0) is 9.53 Å². The summed E-state index contributed by atoms with van der Waals surface area (Å²) in [4.78, 5) is 23.2. The molecular weight excluding hydrogens is 361 g/mol. The molecular formula is C13H16INO4. The van der Waals surface area contributed by atoms with Crippen molar-refractivity contribution in [3.8, 4) is 5.75 Å². The van der Waals surface area contributed by atoms with Gasteiger partial charge in [-0.2, -0.15) is 0 Å². The van der Waals surface area contributed by atoms with Gasteiger partial charge >= 0.3 is 5.97 Å². The maximum absolute atomic E-state index is 12.0. The van der Waals surface area contributed by atoms with Gasteiger partial charge in [-0.3, -0.25) is 9.59 Å². The Kier molecular flexibility index (Phi) is 6.61. The number of nitrogens with one attached hydrogen (secondary N) is 1. The van der Waals surface area contributed by atoms with Gasteiger partial charge in [0.25, 0.3) is 5.91 Å². The van der Waals surface area contributed by atoms with E-state index in [-0.39, 0.29) is 24.3 Å². The van der Waals surface area contributed by atoms with E-state index in [4.69, 9.17) is 4.74 Å². The zero-order valence-corrected chi connectivity index (χ0v) is 13.0. The van der Waals surface area contributed by atoms with Crippen LogP contribution in [0.15, 0.2) is 24.3 Å². The van der Waals surface area contributed by atoms with Crippen molar-refractivity contribution in [1.29, 1.82) is 0 Å². The number of carbonyl (C=O) groups excluding carboxylic acids is 2. The summed E-state index contributed by atoms with van der Waals surface area (Å²) in [5, 5.41) is 2.80. The maximum atomic E-state index is 12.0. The van der Waals surface area contributed by atoms with E-state index < -0.39 is 0 Å². The van der Waals surface area contributed by atoms with Crippen LogP contribution in [0.5, 0.6) is 5.75 Å². The molecule has 0 saturated carbocycles. The number of ether oxygens (including phenoxy) is 2. The number of carbonyl (C=O) groups is 2. The van der Waals surface area contributed by atoms with Crippen molar-refractivity contribution in [2.75, 3.05) is 18.6 Å². The van der Waals surface area contributed by atoms with E-state index in [0.717, 1.165) is 0 Å². The lowest BCUT2D eigenvalue weighted by Gasteiger charge is -2.15. The van der Waals surface area contributed by atoms with Gasteiger partial charge in [0, 0.05) is 16.0 Å². The monoisotopic (exact) mass is 377 g/mol. The number of rotatable bonds is 6. The maximum Gasteiger partial charge on any atom is 0.307 e. The van der Waals surface area contributed by atoms with Crippen molar-refractivity contribution in [1.82, 2.24) is 5.32 Å². The van der Waals surface area contributed by atoms with E-state index in [2.05, 4.69) is 32.6 Å². The Balaban J connectivity index is 2.63. The average Bonchev–Trinajstić information content (AvgIpc) is 2.46. The molecule has 0 heterocycles. The fraction of sp³-hybridized carbons (Fsp3) is 0.385. The summed E-state index contributed by atoms with van der Waals surface area (Å²) in [6, 6.07) is 6.55. The molecule has 19 heavy (non-hydrogen) atoms. The molecule has 0 aliphatic carbocycles. The Bertz CT molecular complexity index is 433. The van der Waals surface area contributed by atoms with Crippen molar-refractivity contribution in [3.05, 3.63) is 29.8 Å². The third-order valence-electron chi connectivity index (χ3n) is 2.51. The lowest BCUT2D eigenvalue weighted by atomic mass is 10.1. The topological polar surface area (TPSA) is 64.6 Å². The first-order valence-electron chi connectivity index (χ1n) is 5.68. The number of halogens is 1. The van der Waals surface area contributed by atoms with E-state index in [0.29, 0.717) is 15.7 Å². The van der Waals surface area contributed by atoms with Gasteiger partial charge in [-0.15, -0.1) is 0 Å². The molecule has 0 unspecified atom stereocenters. The largest absolute Gasteiger partial charge is 0.497 e. The third-order valence-corrected chi connectivity index (χ3v) is 3.58. The molecule has 0 spiro atoms. The van der Waals surface area contributed by atoms with Gasteiger partial charge in [0.1, 0.15) is 5.75 Å². The molecule has 0 aliphatic rings. The second kappa shape index (κ2) is 7.98. The molecule has 0 radical (unpaired) electrons. The van der Waals surface area contributed by atoms with E-state index in [1.165, 1.54) is 7.11 Å². The second-order valence-electron chi connectivity index (χ2n) is 3.83. The highest BCUT2D eigenvalue weighted by atomic mass is 127. The van der Waals surface area contributed by atoms with Crippen molar-refractivity contribution in [3.63, 3.8) is 0 Å². The summed E-state index contributed by atoms with van der Waals surface area (Å²) in [6.07, 6.45) is 0.168. The van der Waals surface area contributed by atoms with Gasteiger partial charge in [0.2, 0.25) is 0 Å². The summed E-state index contributed by atoms with van der Waals surface area (Å²) in [5.41, 5.74) is 0.528. The predicted octanol–water partition coefficient (Wildman–Crippen LogP) is 1.79. The highest BCUT2D eigenvalue weighted by Crippen LogP contribution is 2.11. The Labute approximate surface area is 125 Å². The van der Waals surface area contributed by atoms with Gasteiger partial charge in [-0.05, 0) is 24.3 Å². The van der Waals surface area contributed by atoms with Crippen LogP contribution in [0.25, 0.3) is 0 Å². The number of methoxy groups -OCH3 is 2. The molecule has 1 aromatic carbocycles. The molecule has 0 fully saturated rings. The lowest BCUT2D eigenvalue weighted by Crippen LogP contribution is -2.37. The van der Waals surface area contributed by atoms with Crippen LogP contribution in [0.4, 0.5) is 0 Å². The first-order chi connectivity index (χ1) is 9.10. The molecule has 1 N–H and O–H groups in total. The van der Waals surface area contributed by atoms with Gasteiger partial charge < -0.3 is 14.8 Å². The number of esters is 1. The molecule has 0 aliphatic heterocycles. The zero-order chi connectivity index (χ0) is 14.3. The lowest BCUT2D eigenvalue weighted by molar-refractivity contribution is -0.140. The number of hydrogen-bond donors (Lipinski definition) is 1.